The molecule has 3 aromatic rings. The molecule has 0 saturated carbocycles. The molecule has 3 amide bonds. The standard InChI is InChI=1S/C18H15ClN6O2S/c19-14-9-5-4-6-12(14)11-20-23-15(26)10-16-24-25-18(28-16)22-17(27)21-13-7-2-1-3-8-13/h1-9,11H,10H2,(H,23,26)(H2,21,22,25,27). The Balaban J connectivity index is 1.48. The topological polar surface area (TPSA) is 108 Å². The number of para-hydroxylation sites is 1. The zero-order valence-electron chi connectivity index (χ0n) is 14.4. The van der Waals surface area contributed by atoms with E-state index in [1.165, 1.54) is 6.21 Å². The molecule has 28 heavy (non-hydrogen) atoms. The second-order valence-corrected chi connectivity index (χ2v) is 6.91. The number of anilines is 2. The molecule has 0 bridgehead atoms. The van der Waals surface area contributed by atoms with Crippen molar-refractivity contribution in [2.45, 2.75) is 6.42 Å². The molecule has 0 spiro atoms. The number of aromatic nitrogens is 2. The third-order valence-electron chi connectivity index (χ3n) is 3.33. The van der Waals surface area contributed by atoms with Gasteiger partial charge in [-0.3, -0.25) is 10.1 Å². The van der Waals surface area contributed by atoms with Crippen molar-refractivity contribution in [2.24, 2.45) is 5.10 Å². The van der Waals surface area contributed by atoms with Crippen LogP contribution < -0.4 is 16.1 Å². The van der Waals surface area contributed by atoms with Crippen molar-refractivity contribution >= 4 is 51.9 Å². The number of carbonyl (C=O) groups is 2. The molecule has 2 aromatic carbocycles. The van der Waals surface area contributed by atoms with E-state index in [9.17, 15) is 9.59 Å². The SMILES string of the molecule is O=C(Cc1nnc(NC(=O)Nc2ccccc2)s1)NN=Cc1ccccc1Cl. The lowest BCUT2D eigenvalue weighted by atomic mass is 10.2. The van der Waals surface area contributed by atoms with Gasteiger partial charge in [0.1, 0.15) is 5.01 Å². The van der Waals surface area contributed by atoms with Crippen molar-refractivity contribution in [2.75, 3.05) is 10.6 Å². The summed E-state index contributed by atoms with van der Waals surface area (Å²) in [6.07, 6.45) is 1.45. The molecule has 0 unspecified atom stereocenters. The van der Waals surface area contributed by atoms with Crippen LogP contribution in [0.25, 0.3) is 0 Å². The molecule has 0 saturated heterocycles. The molecule has 0 radical (unpaired) electrons. The molecule has 1 heterocycles. The molecule has 0 aliphatic rings. The van der Waals surface area contributed by atoms with Gasteiger partial charge in [-0.15, -0.1) is 10.2 Å². The van der Waals surface area contributed by atoms with Crippen molar-refractivity contribution in [3.05, 3.63) is 70.2 Å². The van der Waals surface area contributed by atoms with Crippen LogP contribution in [0, 0.1) is 0 Å². The number of rotatable bonds is 6. The number of nitrogens with one attached hydrogen (secondary N) is 3. The molecule has 3 rings (SSSR count). The Morgan fingerprint density at radius 1 is 1.04 bits per heavy atom. The number of halogens is 1. The van der Waals surface area contributed by atoms with Crippen LogP contribution in [0.15, 0.2) is 59.7 Å². The number of amides is 3. The van der Waals surface area contributed by atoms with Gasteiger partial charge in [-0.2, -0.15) is 5.10 Å². The second-order valence-electron chi connectivity index (χ2n) is 5.44. The Bertz CT molecular complexity index is 993. The molecule has 0 fully saturated rings. The number of hydrogen-bond acceptors (Lipinski definition) is 6. The molecule has 1 aromatic heterocycles. The van der Waals surface area contributed by atoms with Gasteiger partial charge in [0.05, 0.1) is 12.6 Å². The quantitative estimate of drug-likeness (QED) is 0.423. The minimum Gasteiger partial charge on any atom is -0.308 e. The third kappa shape index (κ3) is 5.86. The lowest BCUT2D eigenvalue weighted by molar-refractivity contribution is -0.120. The van der Waals surface area contributed by atoms with Crippen molar-refractivity contribution < 1.29 is 9.59 Å². The monoisotopic (exact) mass is 414 g/mol. The summed E-state index contributed by atoms with van der Waals surface area (Å²) in [5, 5.41) is 18.1. The first-order valence-corrected chi connectivity index (χ1v) is 9.31. The van der Waals surface area contributed by atoms with Crippen LogP contribution in [0.5, 0.6) is 0 Å². The molecule has 8 nitrogen and oxygen atoms in total. The highest BCUT2D eigenvalue weighted by Crippen LogP contribution is 2.16. The summed E-state index contributed by atoms with van der Waals surface area (Å²) < 4.78 is 0. The van der Waals surface area contributed by atoms with Crippen LogP contribution in [-0.4, -0.2) is 28.4 Å². The fourth-order valence-electron chi connectivity index (χ4n) is 2.09. The zero-order chi connectivity index (χ0) is 19.8. The first-order chi connectivity index (χ1) is 13.6. The van der Waals surface area contributed by atoms with Gasteiger partial charge >= 0.3 is 6.03 Å². The molecule has 3 N–H and O–H groups in total. The normalized spacial score (nSPS) is 10.6. The van der Waals surface area contributed by atoms with Crippen molar-refractivity contribution in [1.82, 2.24) is 15.6 Å². The van der Waals surface area contributed by atoms with Gasteiger partial charge in [0, 0.05) is 16.3 Å². The van der Waals surface area contributed by atoms with Crippen molar-refractivity contribution in [1.29, 1.82) is 0 Å². The number of benzene rings is 2. The molecule has 10 heteroatoms. The number of hydrazone groups is 1. The summed E-state index contributed by atoms with van der Waals surface area (Å²) in [5.74, 6) is -0.361. The summed E-state index contributed by atoms with van der Waals surface area (Å²) in [5.41, 5.74) is 3.74. The van der Waals surface area contributed by atoms with E-state index in [0.29, 0.717) is 21.3 Å². The predicted molar refractivity (Wildman–Crippen MR) is 110 cm³/mol. The van der Waals surface area contributed by atoms with Crippen LogP contribution in [0.1, 0.15) is 10.6 Å². The minimum atomic E-state index is -0.442. The fraction of sp³-hybridized carbons (Fsp3) is 0.0556. The van der Waals surface area contributed by atoms with E-state index < -0.39 is 6.03 Å². The molecule has 142 valence electrons. The Kier molecular flexibility index (Phi) is 6.66. The first-order valence-electron chi connectivity index (χ1n) is 8.12. The lowest BCUT2D eigenvalue weighted by Gasteiger charge is -2.03. The highest BCUT2D eigenvalue weighted by Gasteiger charge is 2.11. The lowest BCUT2D eigenvalue weighted by Crippen LogP contribution is -2.19. The highest BCUT2D eigenvalue weighted by molar-refractivity contribution is 7.15. The smallest absolute Gasteiger partial charge is 0.308 e. The average Bonchev–Trinajstić information content (AvgIpc) is 3.10. The maximum absolute atomic E-state index is 11.9. The van der Waals surface area contributed by atoms with Crippen molar-refractivity contribution in [3.8, 4) is 0 Å². The number of hydrogen-bond donors (Lipinski definition) is 3. The van der Waals surface area contributed by atoms with E-state index in [2.05, 4.69) is 31.4 Å². The number of nitrogens with zero attached hydrogens (tertiary/aromatic N) is 3. The molecule has 0 aliphatic heterocycles. The molecular formula is C18H15ClN6O2S. The second kappa shape index (κ2) is 9.58. The van der Waals surface area contributed by atoms with E-state index >= 15 is 0 Å². The molecular weight excluding hydrogens is 400 g/mol. The summed E-state index contributed by atoms with van der Waals surface area (Å²) in [4.78, 5) is 23.9. The Hall–Kier alpha value is -3.30. The number of urea groups is 1. The van der Waals surface area contributed by atoms with Crippen LogP contribution >= 0.6 is 22.9 Å². The van der Waals surface area contributed by atoms with E-state index in [4.69, 9.17) is 11.6 Å². The first kappa shape index (κ1) is 19.5. The van der Waals surface area contributed by atoms with Crippen LogP contribution in [0.3, 0.4) is 0 Å². The van der Waals surface area contributed by atoms with Gasteiger partial charge in [-0.25, -0.2) is 10.2 Å². The van der Waals surface area contributed by atoms with Gasteiger partial charge < -0.3 is 5.32 Å². The molecule has 0 aliphatic carbocycles. The average molecular weight is 415 g/mol. The zero-order valence-corrected chi connectivity index (χ0v) is 16.0. The van der Waals surface area contributed by atoms with Gasteiger partial charge in [0.2, 0.25) is 11.0 Å². The van der Waals surface area contributed by atoms with Crippen LogP contribution in [0.4, 0.5) is 15.6 Å². The Morgan fingerprint density at radius 2 is 1.79 bits per heavy atom. The van der Waals surface area contributed by atoms with Gasteiger partial charge in [-0.05, 0) is 18.2 Å². The molecule has 0 atom stereocenters. The van der Waals surface area contributed by atoms with Crippen molar-refractivity contribution in [3.63, 3.8) is 0 Å². The van der Waals surface area contributed by atoms with Crippen LogP contribution in [-0.2, 0) is 11.2 Å². The van der Waals surface area contributed by atoms with E-state index in [1.54, 1.807) is 30.3 Å². The van der Waals surface area contributed by atoms with Crippen LogP contribution in [0.2, 0.25) is 5.02 Å². The summed E-state index contributed by atoms with van der Waals surface area (Å²) in [6.45, 7) is 0. The Labute approximate surface area is 169 Å². The van der Waals surface area contributed by atoms with Gasteiger partial charge in [0.25, 0.3) is 0 Å². The van der Waals surface area contributed by atoms with Gasteiger partial charge in [0.15, 0.2) is 0 Å². The maximum Gasteiger partial charge on any atom is 0.325 e. The van der Waals surface area contributed by atoms with E-state index in [1.807, 2.05) is 24.3 Å². The summed E-state index contributed by atoms with van der Waals surface area (Å²) in [7, 11) is 0. The minimum absolute atomic E-state index is 0.0144. The maximum atomic E-state index is 11.9. The summed E-state index contributed by atoms with van der Waals surface area (Å²) in [6, 6.07) is 15.7. The van der Waals surface area contributed by atoms with Gasteiger partial charge in [-0.1, -0.05) is 59.3 Å². The predicted octanol–water partition coefficient (Wildman–Crippen LogP) is 3.53. The van der Waals surface area contributed by atoms with E-state index in [-0.39, 0.29) is 17.5 Å². The van der Waals surface area contributed by atoms with E-state index in [0.717, 1.165) is 11.3 Å². The Morgan fingerprint density at radius 3 is 2.57 bits per heavy atom. The largest absolute Gasteiger partial charge is 0.325 e. The number of carbonyl (C=O) groups excluding carboxylic acids is 2. The fourth-order valence-corrected chi connectivity index (χ4v) is 3.00. The highest BCUT2D eigenvalue weighted by atomic mass is 35.5. The third-order valence-corrected chi connectivity index (χ3v) is 4.51. The summed E-state index contributed by atoms with van der Waals surface area (Å²) >= 11 is 7.11.